The third-order valence-electron chi connectivity index (χ3n) is 2.94. The van der Waals surface area contributed by atoms with E-state index in [2.05, 4.69) is 9.82 Å². The lowest BCUT2D eigenvalue weighted by molar-refractivity contribution is -0.137. The van der Waals surface area contributed by atoms with E-state index in [1.165, 1.54) is 4.68 Å². The summed E-state index contributed by atoms with van der Waals surface area (Å²) in [6, 6.07) is 0. The van der Waals surface area contributed by atoms with Crippen molar-refractivity contribution in [2.45, 2.75) is 38.1 Å². The first-order valence-corrected chi connectivity index (χ1v) is 9.41. The van der Waals surface area contributed by atoms with Crippen LogP contribution in [0, 0.1) is 13.8 Å². The fourth-order valence-corrected chi connectivity index (χ4v) is 3.98. The van der Waals surface area contributed by atoms with Gasteiger partial charge in [0.15, 0.2) is 0 Å². The van der Waals surface area contributed by atoms with Gasteiger partial charge in [0, 0.05) is 6.54 Å². The zero-order valence-electron chi connectivity index (χ0n) is 12.4. The van der Waals surface area contributed by atoms with Crippen molar-refractivity contribution in [2.24, 2.45) is 0 Å². The van der Waals surface area contributed by atoms with Gasteiger partial charge in [0.05, 0.1) is 11.4 Å². The Morgan fingerprint density at radius 3 is 2.62 bits per heavy atom. The van der Waals surface area contributed by atoms with E-state index in [0.29, 0.717) is 17.9 Å². The largest absolute Gasteiger partial charge is 0.480 e. The molecule has 0 amide bonds. The number of carboxylic acid groups (broad SMARTS) is 1. The standard InChI is InChI=1S/C12H21N3O4S2/c1-9-12(10(2)15(14-9)8-11(16)17)21(18,19)13-6-4-5-7-20-3/h13H,4-8H2,1-3H3,(H,16,17). The van der Waals surface area contributed by atoms with Crippen molar-refractivity contribution in [3.8, 4) is 0 Å². The van der Waals surface area contributed by atoms with Gasteiger partial charge in [0.25, 0.3) is 0 Å². The fraction of sp³-hybridized carbons (Fsp3) is 0.667. The fourth-order valence-electron chi connectivity index (χ4n) is 2.00. The zero-order valence-corrected chi connectivity index (χ0v) is 14.1. The molecule has 2 N–H and O–H groups in total. The second-order valence-corrected chi connectivity index (χ2v) is 7.34. The lowest BCUT2D eigenvalue weighted by Crippen LogP contribution is -2.26. The Morgan fingerprint density at radius 1 is 1.38 bits per heavy atom. The number of nitrogens with one attached hydrogen (secondary N) is 1. The molecule has 9 heteroatoms. The zero-order chi connectivity index (χ0) is 16.0. The predicted octanol–water partition coefficient (Wildman–Crippen LogP) is 1.01. The summed E-state index contributed by atoms with van der Waals surface area (Å²) < 4.78 is 28.3. The number of thioether (sulfide) groups is 1. The van der Waals surface area contributed by atoms with Gasteiger partial charge >= 0.3 is 5.97 Å². The summed E-state index contributed by atoms with van der Waals surface area (Å²) >= 11 is 1.72. The minimum atomic E-state index is -3.66. The van der Waals surface area contributed by atoms with Crippen LogP contribution >= 0.6 is 11.8 Å². The van der Waals surface area contributed by atoms with E-state index in [1.807, 2.05) is 6.26 Å². The summed E-state index contributed by atoms with van der Waals surface area (Å²) in [6.45, 7) is 3.14. The van der Waals surface area contributed by atoms with Crippen LogP contribution in [-0.4, -0.2) is 47.8 Å². The number of nitrogens with zero attached hydrogens (tertiary/aromatic N) is 2. The summed E-state index contributed by atoms with van der Waals surface area (Å²) in [5, 5.41) is 12.8. The highest BCUT2D eigenvalue weighted by Crippen LogP contribution is 2.19. The van der Waals surface area contributed by atoms with Crippen molar-refractivity contribution >= 4 is 27.8 Å². The second kappa shape index (κ2) is 7.81. The normalized spacial score (nSPS) is 11.8. The van der Waals surface area contributed by atoms with Gasteiger partial charge in [-0.25, -0.2) is 13.1 Å². The number of aryl methyl sites for hydroxylation is 1. The molecule has 0 aliphatic heterocycles. The van der Waals surface area contributed by atoms with E-state index < -0.39 is 16.0 Å². The van der Waals surface area contributed by atoms with Crippen LogP contribution in [0.2, 0.25) is 0 Å². The minimum absolute atomic E-state index is 0.0774. The molecule has 0 radical (unpaired) electrons. The van der Waals surface area contributed by atoms with Gasteiger partial charge in [-0.1, -0.05) is 0 Å². The Labute approximate surface area is 129 Å². The SMILES string of the molecule is CSCCCCNS(=O)(=O)c1c(C)nn(CC(=O)O)c1C. The van der Waals surface area contributed by atoms with E-state index >= 15 is 0 Å². The summed E-state index contributed by atoms with van der Waals surface area (Å²) in [7, 11) is -3.66. The lowest BCUT2D eigenvalue weighted by atomic mass is 10.3. The molecule has 7 nitrogen and oxygen atoms in total. The first-order valence-electron chi connectivity index (χ1n) is 6.54. The Balaban J connectivity index is 2.83. The highest BCUT2D eigenvalue weighted by atomic mass is 32.2. The summed E-state index contributed by atoms with van der Waals surface area (Å²) in [5.41, 5.74) is 0.650. The van der Waals surface area contributed by atoms with Crippen LogP contribution in [0.5, 0.6) is 0 Å². The van der Waals surface area contributed by atoms with Crippen LogP contribution in [0.25, 0.3) is 0 Å². The van der Waals surface area contributed by atoms with Gasteiger partial charge in [-0.2, -0.15) is 16.9 Å². The monoisotopic (exact) mass is 335 g/mol. The molecule has 0 atom stereocenters. The number of unbranched alkanes of at least 4 members (excludes halogenated alkanes) is 1. The first kappa shape index (κ1) is 18.0. The summed E-state index contributed by atoms with van der Waals surface area (Å²) in [6.07, 6.45) is 3.72. The quantitative estimate of drug-likeness (QED) is 0.653. The number of aliphatic carboxylic acids is 1. The molecule has 1 heterocycles. The summed E-state index contributed by atoms with van der Waals surface area (Å²) in [5.74, 6) is -0.0642. The minimum Gasteiger partial charge on any atom is -0.480 e. The Kier molecular flexibility index (Phi) is 6.69. The molecule has 0 fully saturated rings. The maximum absolute atomic E-state index is 12.3. The molecule has 1 aromatic rings. The molecule has 0 aromatic carbocycles. The smallest absolute Gasteiger partial charge is 0.325 e. The third-order valence-corrected chi connectivity index (χ3v) is 5.35. The van der Waals surface area contributed by atoms with Gasteiger partial charge in [-0.05, 0) is 38.7 Å². The van der Waals surface area contributed by atoms with E-state index in [-0.39, 0.29) is 11.4 Å². The molecular weight excluding hydrogens is 314 g/mol. The maximum Gasteiger partial charge on any atom is 0.325 e. The van der Waals surface area contributed by atoms with Crippen molar-refractivity contribution in [1.29, 1.82) is 0 Å². The molecule has 0 aliphatic rings. The van der Waals surface area contributed by atoms with Gasteiger partial charge in [0.2, 0.25) is 10.0 Å². The number of rotatable bonds is 9. The van der Waals surface area contributed by atoms with Crippen LogP contribution in [0.15, 0.2) is 4.90 Å². The number of aromatic nitrogens is 2. The molecule has 0 bridgehead atoms. The van der Waals surface area contributed by atoms with Gasteiger partial charge in [-0.15, -0.1) is 0 Å². The Morgan fingerprint density at radius 2 is 2.05 bits per heavy atom. The molecule has 0 aliphatic carbocycles. The average Bonchev–Trinajstić information content (AvgIpc) is 2.63. The van der Waals surface area contributed by atoms with Crippen molar-refractivity contribution in [3.05, 3.63) is 11.4 Å². The molecular formula is C12H21N3O4S2. The number of sulfonamides is 1. The molecule has 21 heavy (non-hydrogen) atoms. The van der Waals surface area contributed by atoms with Crippen LogP contribution in [0.3, 0.4) is 0 Å². The van der Waals surface area contributed by atoms with E-state index in [0.717, 1.165) is 18.6 Å². The summed E-state index contributed by atoms with van der Waals surface area (Å²) in [4.78, 5) is 10.8. The van der Waals surface area contributed by atoms with Crippen molar-refractivity contribution < 1.29 is 18.3 Å². The highest BCUT2D eigenvalue weighted by Gasteiger charge is 2.24. The third kappa shape index (κ3) is 5.01. The predicted molar refractivity (Wildman–Crippen MR) is 82.1 cm³/mol. The first-order chi connectivity index (χ1) is 9.79. The molecule has 0 saturated heterocycles. The van der Waals surface area contributed by atoms with E-state index in [9.17, 15) is 13.2 Å². The van der Waals surface area contributed by atoms with Gasteiger partial charge < -0.3 is 5.11 Å². The van der Waals surface area contributed by atoms with Crippen LogP contribution in [-0.2, 0) is 21.4 Å². The number of hydrogen-bond acceptors (Lipinski definition) is 5. The van der Waals surface area contributed by atoms with Crippen LogP contribution < -0.4 is 4.72 Å². The van der Waals surface area contributed by atoms with E-state index in [4.69, 9.17) is 5.11 Å². The van der Waals surface area contributed by atoms with Gasteiger partial charge in [0.1, 0.15) is 11.4 Å². The van der Waals surface area contributed by atoms with Crippen molar-refractivity contribution in [1.82, 2.24) is 14.5 Å². The lowest BCUT2D eigenvalue weighted by Gasteiger charge is -2.07. The molecule has 1 aromatic heterocycles. The van der Waals surface area contributed by atoms with Crippen molar-refractivity contribution in [2.75, 3.05) is 18.6 Å². The molecule has 1 rings (SSSR count). The topological polar surface area (TPSA) is 101 Å². The number of hydrogen-bond donors (Lipinski definition) is 2. The molecule has 0 spiro atoms. The molecule has 0 saturated carbocycles. The Hall–Kier alpha value is -1.06. The second-order valence-electron chi connectivity index (χ2n) is 4.65. The van der Waals surface area contributed by atoms with Crippen LogP contribution in [0.1, 0.15) is 24.2 Å². The number of carbonyl (C=O) groups is 1. The molecule has 0 unspecified atom stereocenters. The van der Waals surface area contributed by atoms with Crippen LogP contribution in [0.4, 0.5) is 0 Å². The number of carboxylic acids is 1. The van der Waals surface area contributed by atoms with Gasteiger partial charge in [-0.3, -0.25) is 9.48 Å². The average molecular weight is 335 g/mol. The molecule has 120 valence electrons. The van der Waals surface area contributed by atoms with Crippen molar-refractivity contribution in [3.63, 3.8) is 0 Å². The Bertz CT molecular complexity index is 596. The van der Waals surface area contributed by atoms with E-state index in [1.54, 1.807) is 25.6 Å². The maximum atomic E-state index is 12.3. The highest BCUT2D eigenvalue weighted by molar-refractivity contribution is 7.98.